The lowest BCUT2D eigenvalue weighted by atomic mass is 10.1. The summed E-state index contributed by atoms with van der Waals surface area (Å²) in [5, 5.41) is 4.35. The summed E-state index contributed by atoms with van der Waals surface area (Å²) in [5.74, 6) is -0.00591. The number of hydrogen-bond donors (Lipinski definition) is 0. The summed E-state index contributed by atoms with van der Waals surface area (Å²) in [6.45, 7) is 1.87. The molecule has 3 heterocycles. The van der Waals surface area contributed by atoms with Gasteiger partial charge in [-0.1, -0.05) is 0 Å². The first-order valence-corrected chi connectivity index (χ1v) is 6.62. The second-order valence-electron chi connectivity index (χ2n) is 4.90. The number of hydrogen-bond acceptors (Lipinski definition) is 4. The largest absolute Gasteiger partial charge is 0.472 e. The van der Waals surface area contributed by atoms with Gasteiger partial charge in [-0.05, 0) is 18.6 Å². The molecule has 0 bridgehead atoms. The summed E-state index contributed by atoms with van der Waals surface area (Å²) < 4.78 is 12.1. The van der Waals surface area contributed by atoms with Crippen LogP contribution in [0.5, 0.6) is 0 Å². The molecule has 1 atom stereocenters. The zero-order chi connectivity index (χ0) is 13.9. The first-order valence-electron chi connectivity index (χ1n) is 6.62. The molecule has 0 spiro atoms. The molecule has 0 saturated heterocycles. The van der Waals surface area contributed by atoms with Gasteiger partial charge in [-0.15, -0.1) is 0 Å². The van der Waals surface area contributed by atoms with Crippen LogP contribution in [-0.2, 0) is 11.3 Å². The molecule has 6 nitrogen and oxygen atoms in total. The number of furan rings is 1. The number of carbonyl (C=O) groups is 1. The van der Waals surface area contributed by atoms with E-state index in [9.17, 15) is 4.79 Å². The van der Waals surface area contributed by atoms with Crippen LogP contribution in [0.25, 0.3) is 0 Å². The van der Waals surface area contributed by atoms with Crippen LogP contribution in [-0.4, -0.2) is 40.8 Å². The Hall–Kier alpha value is -2.08. The Balaban J connectivity index is 1.80. The lowest BCUT2D eigenvalue weighted by Gasteiger charge is -2.33. The maximum atomic E-state index is 12.4. The third-order valence-corrected chi connectivity index (χ3v) is 3.59. The van der Waals surface area contributed by atoms with Crippen LogP contribution in [0.15, 0.2) is 35.3 Å². The van der Waals surface area contributed by atoms with Crippen LogP contribution in [0, 0.1) is 0 Å². The number of aromatic nitrogens is 2. The number of amides is 1. The van der Waals surface area contributed by atoms with E-state index in [1.807, 2.05) is 15.6 Å². The van der Waals surface area contributed by atoms with Crippen molar-refractivity contribution >= 4 is 5.91 Å². The van der Waals surface area contributed by atoms with Gasteiger partial charge in [-0.2, -0.15) is 5.10 Å². The zero-order valence-electron chi connectivity index (χ0n) is 11.4. The van der Waals surface area contributed by atoms with Crippen LogP contribution < -0.4 is 0 Å². The Labute approximate surface area is 116 Å². The number of ether oxygens (including phenoxy) is 1. The summed E-state index contributed by atoms with van der Waals surface area (Å²) >= 11 is 0. The Morgan fingerprint density at radius 2 is 2.45 bits per heavy atom. The van der Waals surface area contributed by atoms with E-state index in [-0.39, 0.29) is 11.9 Å². The van der Waals surface area contributed by atoms with Gasteiger partial charge in [0, 0.05) is 26.5 Å². The standard InChI is InChI=1S/C14H17N3O3/c1-19-6-4-13-9-16(8-12-2-5-15-17(12)13)14(18)11-3-7-20-10-11/h2-3,5,7,10,13H,4,6,8-9H2,1H3/t13-/m0/s1. The third-order valence-electron chi connectivity index (χ3n) is 3.59. The van der Waals surface area contributed by atoms with Crippen molar-refractivity contribution in [3.8, 4) is 0 Å². The second-order valence-corrected chi connectivity index (χ2v) is 4.90. The first kappa shape index (κ1) is 12.9. The molecule has 106 valence electrons. The molecule has 0 unspecified atom stereocenters. The van der Waals surface area contributed by atoms with E-state index < -0.39 is 0 Å². The normalized spacial score (nSPS) is 18.1. The molecule has 1 aliphatic heterocycles. The average Bonchev–Trinajstić information content (AvgIpc) is 3.14. The van der Waals surface area contributed by atoms with Gasteiger partial charge in [-0.25, -0.2) is 0 Å². The zero-order valence-corrected chi connectivity index (χ0v) is 11.4. The number of carbonyl (C=O) groups excluding carboxylic acids is 1. The van der Waals surface area contributed by atoms with E-state index in [1.165, 1.54) is 12.5 Å². The van der Waals surface area contributed by atoms with Crippen molar-refractivity contribution in [1.29, 1.82) is 0 Å². The highest BCUT2D eigenvalue weighted by molar-refractivity contribution is 5.93. The van der Waals surface area contributed by atoms with Crippen LogP contribution in [0.4, 0.5) is 0 Å². The molecule has 2 aromatic rings. The summed E-state index contributed by atoms with van der Waals surface area (Å²) in [5.41, 5.74) is 1.64. The summed E-state index contributed by atoms with van der Waals surface area (Å²) in [6.07, 6.45) is 5.61. The molecule has 20 heavy (non-hydrogen) atoms. The molecule has 0 radical (unpaired) electrons. The number of fused-ring (bicyclic) bond motifs is 1. The van der Waals surface area contributed by atoms with E-state index in [1.54, 1.807) is 19.4 Å². The first-order chi connectivity index (χ1) is 9.79. The van der Waals surface area contributed by atoms with Crippen LogP contribution in [0.3, 0.4) is 0 Å². The molecule has 1 amide bonds. The van der Waals surface area contributed by atoms with Gasteiger partial charge in [-0.3, -0.25) is 9.48 Å². The van der Waals surface area contributed by atoms with E-state index in [0.717, 1.165) is 12.1 Å². The highest BCUT2D eigenvalue weighted by Gasteiger charge is 2.29. The molecule has 2 aromatic heterocycles. The van der Waals surface area contributed by atoms with E-state index in [4.69, 9.17) is 9.15 Å². The molecule has 0 saturated carbocycles. The minimum Gasteiger partial charge on any atom is -0.472 e. The highest BCUT2D eigenvalue weighted by Crippen LogP contribution is 2.24. The predicted octanol–water partition coefficient (Wildman–Crippen LogP) is 1.71. The second kappa shape index (κ2) is 5.50. The molecule has 0 fully saturated rings. The molecular weight excluding hydrogens is 258 g/mol. The van der Waals surface area contributed by atoms with Crippen molar-refractivity contribution in [3.05, 3.63) is 42.1 Å². The Morgan fingerprint density at radius 1 is 1.55 bits per heavy atom. The van der Waals surface area contributed by atoms with Crippen LogP contribution in [0.2, 0.25) is 0 Å². The van der Waals surface area contributed by atoms with Crippen molar-refractivity contribution < 1.29 is 13.9 Å². The number of nitrogens with zero attached hydrogens (tertiary/aromatic N) is 3. The summed E-state index contributed by atoms with van der Waals surface area (Å²) in [6, 6.07) is 3.80. The molecule has 3 rings (SSSR count). The van der Waals surface area contributed by atoms with Crippen LogP contribution in [0.1, 0.15) is 28.5 Å². The fourth-order valence-corrected chi connectivity index (χ4v) is 2.58. The van der Waals surface area contributed by atoms with Crippen molar-refractivity contribution in [2.45, 2.75) is 19.0 Å². The SMILES string of the molecule is COCC[C@H]1CN(C(=O)c2ccoc2)Cc2ccnn21. The molecule has 0 aromatic carbocycles. The summed E-state index contributed by atoms with van der Waals surface area (Å²) in [7, 11) is 1.68. The van der Waals surface area contributed by atoms with Gasteiger partial charge in [0.05, 0.1) is 30.1 Å². The van der Waals surface area contributed by atoms with Gasteiger partial charge >= 0.3 is 0 Å². The van der Waals surface area contributed by atoms with Crippen molar-refractivity contribution in [2.24, 2.45) is 0 Å². The molecule has 0 aliphatic carbocycles. The Bertz CT molecular complexity index is 576. The topological polar surface area (TPSA) is 60.5 Å². The van der Waals surface area contributed by atoms with Gasteiger partial charge in [0.1, 0.15) is 6.26 Å². The lowest BCUT2D eigenvalue weighted by Crippen LogP contribution is -2.41. The monoisotopic (exact) mass is 275 g/mol. The van der Waals surface area contributed by atoms with E-state index in [0.29, 0.717) is 25.3 Å². The minimum atomic E-state index is -0.00591. The maximum absolute atomic E-state index is 12.4. The highest BCUT2D eigenvalue weighted by atomic mass is 16.5. The van der Waals surface area contributed by atoms with Gasteiger partial charge < -0.3 is 14.1 Å². The molecular formula is C14H17N3O3. The van der Waals surface area contributed by atoms with Crippen LogP contribution >= 0.6 is 0 Å². The number of rotatable bonds is 4. The lowest BCUT2D eigenvalue weighted by molar-refractivity contribution is 0.0640. The van der Waals surface area contributed by atoms with Crippen molar-refractivity contribution in [3.63, 3.8) is 0 Å². The third kappa shape index (κ3) is 2.34. The summed E-state index contributed by atoms with van der Waals surface area (Å²) in [4.78, 5) is 14.3. The Kier molecular flexibility index (Phi) is 3.56. The fourth-order valence-electron chi connectivity index (χ4n) is 2.58. The predicted molar refractivity (Wildman–Crippen MR) is 71.2 cm³/mol. The minimum absolute atomic E-state index is 0.00591. The average molecular weight is 275 g/mol. The quantitative estimate of drug-likeness (QED) is 0.852. The van der Waals surface area contributed by atoms with Crippen molar-refractivity contribution in [1.82, 2.24) is 14.7 Å². The molecule has 6 heteroatoms. The number of methoxy groups -OCH3 is 1. The van der Waals surface area contributed by atoms with Crippen molar-refractivity contribution in [2.75, 3.05) is 20.3 Å². The van der Waals surface area contributed by atoms with E-state index in [2.05, 4.69) is 5.10 Å². The van der Waals surface area contributed by atoms with Gasteiger partial charge in [0.25, 0.3) is 5.91 Å². The smallest absolute Gasteiger partial charge is 0.257 e. The van der Waals surface area contributed by atoms with Gasteiger partial charge in [0.15, 0.2) is 0 Å². The maximum Gasteiger partial charge on any atom is 0.257 e. The fraction of sp³-hybridized carbons (Fsp3) is 0.429. The van der Waals surface area contributed by atoms with E-state index >= 15 is 0 Å². The molecule has 0 N–H and O–H groups in total. The Morgan fingerprint density at radius 3 is 3.20 bits per heavy atom. The van der Waals surface area contributed by atoms with Gasteiger partial charge in [0.2, 0.25) is 0 Å². The molecule has 1 aliphatic rings.